The first kappa shape index (κ1) is 14.8. The predicted molar refractivity (Wildman–Crippen MR) is 66.3 cm³/mol. The molecule has 0 bridgehead atoms. The van der Waals surface area contributed by atoms with Gasteiger partial charge < -0.3 is 20.5 Å². The molecule has 0 spiro atoms. The number of nitrogens with one attached hydrogen (secondary N) is 2. The second kappa shape index (κ2) is 6.04. The third-order valence-electron chi connectivity index (χ3n) is 3.56. The lowest BCUT2D eigenvalue weighted by molar-refractivity contribution is -0.148. The summed E-state index contributed by atoms with van der Waals surface area (Å²) in [6.07, 6.45) is 0.986. The third kappa shape index (κ3) is 3.35. The van der Waals surface area contributed by atoms with E-state index in [2.05, 4.69) is 17.6 Å². The Morgan fingerprint density at radius 2 is 2.22 bits per heavy atom. The van der Waals surface area contributed by atoms with E-state index in [1.807, 2.05) is 6.92 Å². The van der Waals surface area contributed by atoms with E-state index in [4.69, 9.17) is 9.84 Å². The molecule has 6 heteroatoms. The van der Waals surface area contributed by atoms with Crippen LogP contribution in [-0.2, 0) is 9.53 Å². The number of amides is 2. The summed E-state index contributed by atoms with van der Waals surface area (Å²) in [5.41, 5.74) is -1.05. The first-order valence-corrected chi connectivity index (χ1v) is 6.25. The minimum absolute atomic E-state index is 0.124. The fourth-order valence-electron chi connectivity index (χ4n) is 1.71. The Kier molecular flexibility index (Phi) is 4.95. The summed E-state index contributed by atoms with van der Waals surface area (Å²) in [6, 6.07) is -0.829. The Morgan fingerprint density at radius 3 is 2.78 bits per heavy atom. The van der Waals surface area contributed by atoms with E-state index < -0.39 is 17.4 Å². The Bertz CT molecular complexity index is 321. The van der Waals surface area contributed by atoms with Crippen LogP contribution in [-0.4, -0.2) is 42.9 Å². The van der Waals surface area contributed by atoms with Crippen molar-refractivity contribution in [3.8, 4) is 0 Å². The molecule has 1 aliphatic heterocycles. The van der Waals surface area contributed by atoms with Gasteiger partial charge in [-0.25, -0.2) is 4.79 Å². The van der Waals surface area contributed by atoms with Gasteiger partial charge in [0, 0.05) is 6.54 Å². The number of carbonyl (C=O) groups excluding carboxylic acids is 1. The Morgan fingerprint density at radius 1 is 1.56 bits per heavy atom. The van der Waals surface area contributed by atoms with Gasteiger partial charge in [0.05, 0.1) is 19.3 Å². The van der Waals surface area contributed by atoms with E-state index in [0.717, 1.165) is 6.42 Å². The molecule has 1 heterocycles. The minimum Gasteiger partial charge on any atom is -0.481 e. The van der Waals surface area contributed by atoms with Crippen LogP contribution >= 0.6 is 0 Å². The van der Waals surface area contributed by atoms with E-state index >= 15 is 0 Å². The second-order valence-corrected chi connectivity index (χ2v) is 5.16. The maximum Gasteiger partial charge on any atom is 0.315 e. The molecule has 3 atom stereocenters. The lowest BCUT2D eigenvalue weighted by Gasteiger charge is -2.25. The number of hydrogen-bond donors (Lipinski definition) is 3. The maximum absolute atomic E-state index is 11.7. The van der Waals surface area contributed by atoms with Crippen molar-refractivity contribution in [3.63, 3.8) is 0 Å². The van der Waals surface area contributed by atoms with Crippen molar-refractivity contribution in [2.45, 2.75) is 33.2 Å². The largest absolute Gasteiger partial charge is 0.481 e. The zero-order valence-corrected chi connectivity index (χ0v) is 11.2. The monoisotopic (exact) mass is 258 g/mol. The van der Waals surface area contributed by atoms with Crippen LogP contribution < -0.4 is 10.6 Å². The predicted octanol–water partition coefficient (Wildman–Crippen LogP) is 0.821. The quantitative estimate of drug-likeness (QED) is 0.681. The molecule has 18 heavy (non-hydrogen) atoms. The van der Waals surface area contributed by atoms with Gasteiger partial charge in [0.2, 0.25) is 0 Å². The van der Waals surface area contributed by atoms with Gasteiger partial charge in [-0.1, -0.05) is 20.3 Å². The summed E-state index contributed by atoms with van der Waals surface area (Å²) in [6.45, 7) is 6.62. The summed E-state index contributed by atoms with van der Waals surface area (Å²) < 4.78 is 5.16. The van der Waals surface area contributed by atoms with Gasteiger partial charge in [0.1, 0.15) is 5.41 Å². The molecule has 1 rings (SSSR count). The van der Waals surface area contributed by atoms with Crippen molar-refractivity contribution in [1.82, 2.24) is 10.6 Å². The zero-order valence-electron chi connectivity index (χ0n) is 11.2. The number of ether oxygens (including phenoxy) is 1. The Balaban J connectivity index is 2.46. The maximum atomic E-state index is 11.7. The number of hydrogen-bond acceptors (Lipinski definition) is 3. The highest BCUT2D eigenvalue weighted by molar-refractivity contribution is 5.79. The number of carboxylic acids is 1. The van der Waals surface area contributed by atoms with Crippen molar-refractivity contribution in [3.05, 3.63) is 0 Å². The molecule has 3 unspecified atom stereocenters. The van der Waals surface area contributed by atoms with Crippen LogP contribution in [0.4, 0.5) is 4.79 Å². The van der Waals surface area contributed by atoms with Gasteiger partial charge in [-0.15, -0.1) is 0 Å². The average Bonchev–Trinajstić information content (AvgIpc) is 2.69. The first-order chi connectivity index (χ1) is 8.40. The van der Waals surface area contributed by atoms with E-state index in [9.17, 15) is 9.59 Å². The van der Waals surface area contributed by atoms with Crippen LogP contribution in [0.3, 0.4) is 0 Å². The molecular formula is C12H22N2O4. The van der Waals surface area contributed by atoms with Gasteiger partial charge in [0.15, 0.2) is 0 Å². The van der Waals surface area contributed by atoms with Crippen LogP contribution in [0.5, 0.6) is 0 Å². The Labute approximate surface area is 107 Å². The normalized spacial score (nSPS) is 28.7. The summed E-state index contributed by atoms with van der Waals surface area (Å²) in [5, 5.41) is 14.6. The molecule has 3 N–H and O–H groups in total. The fraction of sp³-hybridized carbons (Fsp3) is 0.833. The summed E-state index contributed by atoms with van der Waals surface area (Å²) in [7, 11) is 0. The van der Waals surface area contributed by atoms with Crippen LogP contribution in [0.25, 0.3) is 0 Å². The van der Waals surface area contributed by atoms with Crippen LogP contribution in [0.1, 0.15) is 27.2 Å². The molecule has 0 aliphatic carbocycles. The highest BCUT2D eigenvalue weighted by Gasteiger charge is 2.47. The fourth-order valence-corrected chi connectivity index (χ4v) is 1.71. The smallest absolute Gasteiger partial charge is 0.315 e. The van der Waals surface area contributed by atoms with Crippen molar-refractivity contribution < 1.29 is 19.4 Å². The van der Waals surface area contributed by atoms with E-state index in [-0.39, 0.29) is 19.2 Å². The molecule has 0 radical (unpaired) electrons. The highest BCUT2D eigenvalue weighted by Crippen LogP contribution is 2.28. The molecule has 0 saturated carbocycles. The lowest BCUT2D eigenvalue weighted by Crippen LogP contribution is -2.52. The summed E-state index contributed by atoms with van der Waals surface area (Å²) in [5.74, 6) is -0.548. The molecule has 6 nitrogen and oxygen atoms in total. The molecule has 1 aliphatic rings. The molecule has 1 saturated heterocycles. The number of urea groups is 1. The summed E-state index contributed by atoms with van der Waals surface area (Å²) >= 11 is 0. The zero-order chi connectivity index (χ0) is 13.8. The van der Waals surface area contributed by atoms with Gasteiger partial charge >= 0.3 is 12.0 Å². The van der Waals surface area contributed by atoms with Crippen LogP contribution in [0.2, 0.25) is 0 Å². The SMILES string of the molecule is CCC(C)CNC(=O)NC1COCC1(C)C(=O)O. The molecule has 0 aromatic carbocycles. The highest BCUT2D eigenvalue weighted by atomic mass is 16.5. The topological polar surface area (TPSA) is 87.7 Å². The van der Waals surface area contributed by atoms with E-state index in [0.29, 0.717) is 12.5 Å². The van der Waals surface area contributed by atoms with E-state index in [1.165, 1.54) is 0 Å². The lowest BCUT2D eigenvalue weighted by atomic mass is 9.85. The molecule has 104 valence electrons. The standard InChI is InChI=1S/C12H22N2O4/c1-4-8(2)5-13-11(17)14-9-6-18-7-12(9,3)10(15)16/h8-9H,4-7H2,1-3H3,(H,15,16)(H2,13,14,17). The van der Waals surface area contributed by atoms with Gasteiger partial charge in [-0.3, -0.25) is 4.79 Å². The molecule has 1 fully saturated rings. The number of aliphatic carboxylic acids is 1. The number of carbonyl (C=O) groups is 2. The molecule has 0 aromatic rings. The van der Waals surface area contributed by atoms with E-state index in [1.54, 1.807) is 6.92 Å². The molecular weight excluding hydrogens is 236 g/mol. The van der Waals surface area contributed by atoms with Gasteiger partial charge in [-0.05, 0) is 12.8 Å². The summed E-state index contributed by atoms with van der Waals surface area (Å²) in [4.78, 5) is 22.8. The van der Waals surface area contributed by atoms with Crippen LogP contribution in [0, 0.1) is 11.3 Å². The number of carboxylic acid groups (broad SMARTS) is 1. The Hall–Kier alpha value is -1.30. The van der Waals surface area contributed by atoms with Gasteiger partial charge in [-0.2, -0.15) is 0 Å². The van der Waals surface area contributed by atoms with Crippen molar-refractivity contribution >= 4 is 12.0 Å². The second-order valence-electron chi connectivity index (χ2n) is 5.16. The number of rotatable bonds is 5. The van der Waals surface area contributed by atoms with Gasteiger partial charge in [0.25, 0.3) is 0 Å². The van der Waals surface area contributed by atoms with Crippen molar-refractivity contribution in [2.75, 3.05) is 19.8 Å². The average molecular weight is 258 g/mol. The molecule has 0 aromatic heterocycles. The van der Waals surface area contributed by atoms with Crippen molar-refractivity contribution in [1.29, 1.82) is 0 Å². The van der Waals surface area contributed by atoms with Crippen molar-refractivity contribution in [2.24, 2.45) is 11.3 Å². The first-order valence-electron chi connectivity index (χ1n) is 6.25. The molecule has 2 amide bonds. The third-order valence-corrected chi connectivity index (χ3v) is 3.56. The minimum atomic E-state index is -1.05. The van der Waals surface area contributed by atoms with Crippen LogP contribution in [0.15, 0.2) is 0 Å².